The number of hydrogen-bond acceptors (Lipinski definition) is 2. The smallest absolute Gasteiger partial charge is 0.0854 e. The first kappa shape index (κ1) is 7.06. The molecule has 0 aliphatic carbocycles. The minimum Gasteiger partial charge on any atom is -0.388 e. The van der Waals surface area contributed by atoms with Gasteiger partial charge >= 0.3 is 0 Å². The molecule has 1 aromatic heterocycles. The SMILES string of the molecule is CC(O)c1cc(Cl)cs1. The highest BCUT2D eigenvalue weighted by Gasteiger charge is 2.01. The predicted molar refractivity (Wildman–Crippen MR) is 40.0 cm³/mol. The summed E-state index contributed by atoms with van der Waals surface area (Å²) in [7, 11) is 0. The molecule has 0 aliphatic heterocycles. The molecular formula is C6H7ClOS. The van der Waals surface area contributed by atoms with Gasteiger partial charge in [-0.05, 0) is 13.0 Å². The predicted octanol–water partition coefficient (Wildman–Crippen LogP) is 2.45. The molecule has 1 aromatic rings. The minimum atomic E-state index is -0.387. The van der Waals surface area contributed by atoms with E-state index in [-0.39, 0.29) is 6.10 Å². The van der Waals surface area contributed by atoms with E-state index in [1.807, 2.05) is 5.38 Å². The topological polar surface area (TPSA) is 20.2 Å². The van der Waals surface area contributed by atoms with Crippen LogP contribution >= 0.6 is 22.9 Å². The molecule has 0 aromatic carbocycles. The van der Waals surface area contributed by atoms with Gasteiger partial charge in [0.1, 0.15) is 0 Å². The van der Waals surface area contributed by atoms with Gasteiger partial charge in [0.25, 0.3) is 0 Å². The van der Waals surface area contributed by atoms with Crippen molar-refractivity contribution in [3.8, 4) is 0 Å². The van der Waals surface area contributed by atoms with Crippen LogP contribution in [0.5, 0.6) is 0 Å². The molecule has 1 rings (SSSR count). The maximum atomic E-state index is 8.99. The van der Waals surface area contributed by atoms with Crippen LogP contribution in [0, 0.1) is 0 Å². The van der Waals surface area contributed by atoms with Crippen LogP contribution in [0.1, 0.15) is 17.9 Å². The summed E-state index contributed by atoms with van der Waals surface area (Å²) in [5.41, 5.74) is 0. The van der Waals surface area contributed by atoms with Gasteiger partial charge in [0.15, 0.2) is 0 Å². The molecule has 1 unspecified atom stereocenters. The molecule has 3 heteroatoms. The lowest BCUT2D eigenvalue weighted by molar-refractivity contribution is 0.203. The van der Waals surface area contributed by atoms with Crippen LogP contribution in [-0.4, -0.2) is 5.11 Å². The summed E-state index contributed by atoms with van der Waals surface area (Å²) in [5.74, 6) is 0. The van der Waals surface area contributed by atoms with Crippen molar-refractivity contribution >= 4 is 22.9 Å². The standard InChI is InChI=1S/C6H7ClOS/c1-4(8)6-2-5(7)3-9-6/h2-4,8H,1H3. The number of halogens is 1. The monoisotopic (exact) mass is 162 g/mol. The van der Waals surface area contributed by atoms with Gasteiger partial charge in [-0.15, -0.1) is 11.3 Å². The van der Waals surface area contributed by atoms with Gasteiger partial charge in [-0.25, -0.2) is 0 Å². The Kier molecular flexibility index (Phi) is 2.11. The van der Waals surface area contributed by atoms with Gasteiger partial charge in [-0.2, -0.15) is 0 Å². The first-order valence-electron chi connectivity index (χ1n) is 2.62. The second kappa shape index (κ2) is 2.69. The third-order valence-corrected chi connectivity index (χ3v) is 2.45. The number of aliphatic hydroxyl groups is 1. The van der Waals surface area contributed by atoms with Crippen molar-refractivity contribution in [3.63, 3.8) is 0 Å². The molecule has 0 spiro atoms. The third kappa shape index (κ3) is 1.68. The molecule has 0 fully saturated rings. The molecule has 1 heterocycles. The van der Waals surface area contributed by atoms with E-state index in [1.165, 1.54) is 11.3 Å². The van der Waals surface area contributed by atoms with Crippen LogP contribution in [0.4, 0.5) is 0 Å². The summed E-state index contributed by atoms with van der Waals surface area (Å²) in [6.45, 7) is 1.72. The molecule has 9 heavy (non-hydrogen) atoms. The largest absolute Gasteiger partial charge is 0.388 e. The number of aliphatic hydroxyl groups excluding tert-OH is 1. The molecule has 50 valence electrons. The zero-order valence-electron chi connectivity index (χ0n) is 4.97. The van der Waals surface area contributed by atoms with E-state index in [4.69, 9.17) is 16.7 Å². The van der Waals surface area contributed by atoms with Crippen LogP contribution in [0.3, 0.4) is 0 Å². The first-order chi connectivity index (χ1) is 4.20. The summed E-state index contributed by atoms with van der Waals surface area (Å²) in [5, 5.41) is 11.5. The normalized spacial score (nSPS) is 13.7. The molecule has 0 radical (unpaired) electrons. The van der Waals surface area contributed by atoms with E-state index in [0.717, 1.165) is 4.88 Å². The molecular weight excluding hydrogens is 156 g/mol. The summed E-state index contributed by atoms with van der Waals surface area (Å²) >= 11 is 7.08. The average Bonchev–Trinajstić information content (AvgIpc) is 2.14. The summed E-state index contributed by atoms with van der Waals surface area (Å²) in [6.07, 6.45) is -0.387. The molecule has 1 atom stereocenters. The van der Waals surface area contributed by atoms with Crippen molar-refractivity contribution < 1.29 is 5.11 Å². The van der Waals surface area contributed by atoms with Crippen LogP contribution in [-0.2, 0) is 0 Å². The maximum Gasteiger partial charge on any atom is 0.0854 e. The van der Waals surface area contributed by atoms with Crippen LogP contribution in [0.25, 0.3) is 0 Å². The van der Waals surface area contributed by atoms with Gasteiger partial charge in [-0.3, -0.25) is 0 Å². The van der Waals surface area contributed by atoms with Crippen molar-refractivity contribution in [2.24, 2.45) is 0 Å². The second-order valence-corrected chi connectivity index (χ2v) is 3.22. The van der Waals surface area contributed by atoms with Crippen molar-refractivity contribution in [2.45, 2.75) is 13.0 Å². The van der Waals surface area contributed by atoms with E-state index < -0.39 is 0 Å². The third-order valence-electron chi connectivity index (χ3n) is 0.999. The van der Waals surface area contributed by atoms with Crippen molar-refractivity contribution in [2.75, 3.05) is 0 Å². The van der Waals surface area contributed by atoms with Crippen molar-refractivity contribution in [1.82, 2.24) is 0 Å². The van der Waals surface area contributed by atoms with Crippen LogP contribution in [0.15, 0.2) is 11.4 Å². The molecule has 0 bridgehead atoms. The highest BCUT2D eigenvalue weighted by molar-refractivity contribution is 7.10. The number of thiophene rings is 1. The van der Waals surface area contributed by atoms with E-state index in [2.05, 4.69) is 0 Å². The Morgan fingerprint density at radius 1 is 1.78 bits per heavy atom. The summed E-state index contributed by atoms with van der Waals surface area (Å²) in [4.78, 5) is 0.917. The maximum absolute atomic E-state index is 8.99. The van der Waals surface area contributed by atoms with E-state index in [9.17, 15) is 0 Å². The highest BCUT2D eigenvalue weighted by atomic mass is 35.5. The Balaban J connectivity index is 2.85. The quantitative estimate of drug-likeness (QED) is 0.673. The zero-order valence-corrected chi connectivity index (χ0v) is 6.54. The Morgan fingerprint density at radius 3 is 2.67 bits per heavy atom. The molecule has 0 saturated carbocycles. The Morgan fingerprint density at radius 2 is 2.44 bits per heavy atom. The molecule has 0 aliphatic rings. The number of hydrogen-bond donors (Lipinski definition) is 1. The highest BCUT2D eigenvalue weighted by Crippen LogP contribution is 2.24. The Labute approximate surface area is 62.9 Å². The first-order valence-corrected chi connectivity index (χ1v) is 3.88. The fourth-order valence-corrected chi connectivity index (χ4v) is 1.57. The van der Waals surface area contributed by atoms with Crippen LogP contribution < -0.4 is 0 Å². The fourth-order valence-electron chi connectivity index (χ4n) is 0.547. The average molecular weight is 163 g/mol. The van der Waals surface area contributed by atoms with Crippen LogP contribution in [0.2, 0.25) is 5.02 Å². The zero-order chi connectivity index (χ0) is 6.85. The molecule has 0 amide bonds. The van der Waals surface area contributed by atoms with Gasteiger partial charge in [0.05, 0.1) is 11.1 Å². The van der Waals surface area contributed by atoms with Gasteiger partial charge in [0, 0.05) is 10.3 Å². The summed E-state index contributed by atoms with van der Waals surface area (Å²) in [6, 6.07) is 1.77. The molecule has 0 saturated heterocycles. The van der Waals surface area contributed by atoms with Gasteiger partial charge in [0.2, 0.25) is 0 Å². The molecule has 1 nitrogen and oxygen atoms in total. The summed E-state index contributed by atoms with van der Waals surface area (Å²) < 4.78 is 0. The van der Waals surface area contributed by atoms with E-state index in [1.54, 1.807) is 13.0 Å². The lowest BCUT2D eigenvalue weighted by Gasteiger charge is -1.95. The molecule has 1 N–H and O–H groups in total. The van der Waals surface area contributed by atoms with E-state index in [0.29, 0.717) is 5.02 Å². The van der Waals surface area contributed by atoms with Gasteiger partial charge in [-0.1, -0.05) is 11.6 Å². The minimum absolute atomic E-state index is 0.387. The second-order valence-electron chi connectivity index (χ2n) is 1.84. The lowest BCUT2D eigenvalue weighted by Crippen LogP contribution is -1.83. The Hall–Kier alpha value is -0.0500. The Bertz CT molecular complexity index is 195. The van der Waals surface area contributed by atoms with E-state index >= 15 is 0 Å². The lowest BCUT2D eigenvalue weighted by atomic mass is 10.3. The van der Waals surface area contributed by atoms with Crippen molar-refractivity contribution in [3.05, 3.63) is 21.3 Å². The number of rotatable bonds is 1. The van der Waals surface area contributed by atoms with Crippen molar-refractivity contribution in [1.29, 1.82) is 0 Å². The fraction of sp³-hybridized carbons (Fsp3) is 0.333. The van der Waals surface area contributed by atoms with Gasteiger partial charge < -0.3 is 5.11 Å².